The number of thiophene rings is 1. The number of H-pyrrole nitrogens is 1. The molecule has 2 aromatic heterocycles. The molecule has 20 heavy (non-hydrogen) atoms. The summed E-state index contributed by atoms with van der Waals surface area (Å²) in [5, 5.41) is 0. The second kappa shape index (κ2) is 4.76. The summed E-state index contributed by atoms with van der Waals surface area (Å²) < 4.78 is 27.5. The van der Waals surface area contributed by atoms with Gasteiger partial charge < -0.3 is 4.98 Å². The first-order valence-electron chi connectivity index (χ1n) is 5.68. The molecular weight excluding hydrogens is 318 g/mol. The van der Waals surface area contributed by atoms with Gasteiger partial charge in [-0.1, -0.05) is 11.6 Å². The van der Waals surface area contributed by atoms with E-state index in [1.165, 1.54) is 6.07 Å². The first kappa shape index (κ1) is 13.4. The molecule has 0 unspecified atom stereocenters. The van der Waals surface area contributed by atoms with Gasteiger partial charge in [-0.05, 0) is 37.3 Å². The van der Waals surface area contributed by atoms with Crippen LogP contribution in [0.1, 0.15) is 5.82 Å². The average molecular weight is 328 g/mol. The summed E-state index contributed by atoms with van der Waals surface area (Å²) in [6.07, 6.45) is 0. The van der Waals surface area contributed by atoms with Crippen LogP contribution in [-0.2, 0) is 10.0 Å². The number of nitrogens with one attached hydrogen (secondary N) is 2. The Morgan fingerprint density at radius 2 is 2.10 bits per heavy atom. The van der Waals surface area contributed by atoms with Gasteiger partial charge >= 0.3 is 0 Å². The van der Waals surface area contributed by atoms with Gasteiger partial charge in [0.05, 0.1) is 21.1 Å². The molecular formula is C12H10ClN3O2S2. The van der Waals surface area contributed by atoms with Crippen molar-refractivity contribution in [3.05, 3.63) is 40.5 Å². The normalized spacial score (nSPS) is 11.9. The van der Waals surface area contributed by atoms with Crippen LogP contribution in [0.2, 0.25) is 4.34 Å². The summed E-state index contributed by atoms with van der Waals surface area (Å²) in [6.45, 7) is 1.84. The molecule has 0 fully saturated rings. The van der Waals surface area contributed by atoms with Gasteiger partial charge in [0.1, 0.15) is 10.0 Å². The molecule has 0 saturated heterocycles. The summed E-state index contributed by atoms with van der Waals surface area (Å²) in [6, 6.07) is 8.19. The Bertz CT molecular complexity index is 883. The summed E-state index contributed by atoms with van der Waals surface area (Å²) in [5.74, 6) is 0.782. The van der Waals surface area contributed by atoms with Crippen molar-refractivity contribution >= 4 is 49.7 Å². The number of anilines is 1. The Morgan fingerprint density at radius 3 is 2.80 bits per heavy atom. The minimum Gasteiger partial charge on any atom is -0.342 e. The summed E-state index contributed by atoms with van der Waals surface area (Å²) in [5.41, 5.74) is 2.06. The number of aryl methyl sites for hydroxylation is 1. The Balaban J connectivity index is 1.96. The van der Waals surface area contributed by atoms with Gasteiger partial charge in [0, 0.05) is 0 Å². The van der Waals surface area contributed by atoms with E-state index in [4.69, 9.17) is 11.6 Å². The molecule has 8 heteroatoms. The van der Waals surface area contributed by atoms with Gasteiger partial charge in [0.25, 0.3) is 10.0 Å². The van der Waals surface area contributed by atoms with Crippen LogP contribution < -0.4 is 4.72 Å². The van der Waals surface area contributed by atoms with Crippen LogP contribution >= 0.6 is 22.9 Å². The Labute approximate surface area is 124 Å². The van der Waals surface area contributed by atoms with Crippen LogP contribution in [0.15, 0.2) is 34.5 Å². The van der Waals surface area contributed by atoms with Crippen molar-refractivity contribution in [3.8, 4) is 0 Å². The highest BCUT2D eigenvalue weighted by Crippen LogP contribution is 2.27. The third-order valence-corrected chi connectivity index (χ3v) is 5.77. The monoisotopic (exact) mass is 327 g/mol. The molecule has 0 saturated carbocycles. The number of aromatic amines is 1. The lowest BCUT2D eigenvalue weighted by Crippen LogP contribution is -2.11. The second-order valence-electron chi connectivity index (χ2n) is 4.22. The number of aromatic nitrogens is 2. The average Bonchev–Trinajstić information content (AvgIpc) is 2.93. The quantitative estimate of drug-likeness (QED) is 0.774. The molecule has 0 aliphatic heterocycles. The van der Waals surface area contributed by atoms with Crippen LogP contribution in [0.25, 0.3) is 11.0 Å². The molecule has 3 rings (SSSR count). The number of imidazole rings is 1. The van der Waals surface area contributed by atoms with Crippen LogP contribution in [0.4, 0.5) is 5.69 Å². The zero-order valence-corrected chi connectivity index (χ0v) is 12.7. The van der Waals surface area contributed by atoms with Crippen LogP contribution in [0.3, 0.4) is 0 Å². The molecule has 2 heterocycles. The molecule has 0 radical (unpaired) electrons. The van der Waals surface area contributed by atoms with Crippen LogP contribution in [-0.4, -0.2) is 18.4 Å². The topological polar surface area (TPSA) is 74.8 Å². The van der Waals surface area contributed by atoms with E-state index in [1.807, 2.05) is 6.92 Å². The summed E-state index contributed by atoms with van der Waals surface area (Å²) in [4.78, 5) is 7.33. The van der Waals surface area contributed by atoms with Crippen LogP contribution in [0.5, 0.6) is 0 Å². The van der Waals surface area contributed by atoms with Gasteiger partial charge in [-0.2, -0.15) is 0 Å². The smallest absolute Gasteiger partial charge is 0.271 e. The molecule has 0 bridgehead atoms. The van der Waals surface area contributed by atoms with Gasteiger partial charge in [-0.3, -0.25) is 4.72 Å². The van der Waals surface area contributed by atoms with Crippen molar-refractivity contribution in [1.29, 1.82) is 0 Å². The Morgan fingerprint density at radius 1 is 1.30 bits per heavy atom. The van der Waals surface area contributed by atoms with Gasteiger partial charge in [0.15, 0.2) is 0 Å². The standard InChI is InChI=1S/C12H10ClN3O2S2/c1-7-14-9-3-2-8(6-10(9)15-7)16-20(17,18)12-5-4-11(13)19-12/h2-6,16H,1H3,(H,14,15). The Kier molecular flexibility index (Phi) is 3.19. The lowest BCUT2D eigenvalue weighted by atomic mass is 10.3. The highest BCUT2D eigenvalue weighted by molar-refractivity contribution is 7.94. The van der Waals surface area contributed by atoms with E-state index < -0.39 is 10.0 Å². The van der Waals surface area contributed by atoms with E-state index >= 15 is 0 Å². The van der Waals surface area contributed by atoms with E-state index in [1.54, 1.807) is 24.3 Å². The van der Waals surface area contributed by atoms with Crippen molar-refractivity contribution in [2.75, 3.05) is 4.72 Å². The van der Waals surface area contributed by atoms with Crippen molar-refractivity contribution < 1.29 is 8.42 Å². The molecule has 0 aliphatic rings. The number of hydrogen-bond acceptors (Lipinski definition) is 4. The largest absolute Gasteiger partial charge is 0.342 e. The molecule has 2 N–H and O–H groups in total. The second-order valence-corrected chi connectivity index (χ2v) is 7.84. The predicted octanol–water partition coefficient (Wildman–Crippen LogP) is 3.39. The fourth-order valence-electron chi connectivity index (χ4n) is 1.85. The maximum absolute atomic E-state index is 12.2. The van der Waals surface area contributed by atoms with E-state index in [2.05, 4.69) is 14.7 Å². The maximum atomic E-state index is 12.2. The molecule has 104 valence electrons. The minimum atomic E-state index is -3.60. The van der Waals surface area contributed by atoms with Crippen molar-refractivity contribution in [2.45, 2.75) is 11.1 Å². The molecule has 1 aromatic carbocycles. The Hall–Kier alpha value is -1.57. The number of halogens is 1. The fourth-order valence-corrected chi connectivity index (χ4v) is 4.38. The summed E-state index contributed by atoms with van der Waals surface area (Å²) in [7, 11) is -3.60. The zero-order valence-electron chi connectivity index (χ0n) is 10.3. The number of benzene rings is 1. The number of rotatable bonds is 3. The van der Waals surface area contributed by atoms with Gasteiger partial charge in [-0.25, -0.2) is 13.4 Å². The molecule has 5 nitrogen and oxygen atoms in total. The molecule has 0 aliphatic carbocycles. The first-order valence-corrected chi connectivity index (χ1v) is 8.36. The minimum absolute atomic E-state index is 0.184. The predicted molar refractivity (Wildman–Crippen MR) is 81.0 cm³/mol. The zero-order chi connectivity index (χ0) is 14.3. The van der Waals surface area contributed by atoms with Crippen molar-refractivity contribution in [2.24, 2.45) is 0 Å². The fraction of sp³-hybridized carbons (Fsp3) is 0.0833. The number of sulfonamides is 1. The maximum Gasteiger partial charge on any atom is 0.271 e. The highest BCUT2D eigenvalue weighted by Gasteiger charge is 2.17. The lowest BCUT2D eigenvalue weighted by Gasteiger charge is -2.05. The third kappa shape index (κ3) is 2.52. The first-order chi connectivity index (χ1) is 9.44. The number of nitrogens with zero attached hydrogens (tertiary/aromatic N) is 1. The highest BCUT2D eigenvalue weighted by atomic mass is 35.5. The van der Waals surface area contributed by atoms with Gasteiger partial charge in [-0.15, -0.1) is 11.3 Å². The van der Waals surface area contributed by atoms with E-state index in [0.29, 0.717) is 10.0 Å². The molecule has 3 aromatic rings. The number of hydrogen-bond donors (Lipinski definition) is 2. The molecule has 0 atom stereocenters. The lowest BCUT2D eigenvalue weighted by molar-refractivity contribution is 0.603. The summed E-state index contributed by atoms with van der Waals surface area (Å²) >= 11 is 6.78. The SMILES string of the molecule is Cc1nc2ccc(NS(=O)(=O)c3ccc(Cl)s3)cc2[nH]1. The van der Waals surface area contributed by atoms with Crippen molar-refractivity contribution in [3.63, 3.8) is 0 Å². The number of fused-ring (bicyclic) bond motifs is 1. The molecule has 0 spiro atoms. The molecule has 0 amide bonds. The van der Waals surface area contributed by atoms with Crippen molar-refractivity contribution in [1.82, 2.24) is 9.97 Å². The van der Waals surface area contributed by atoms with E-state index in [-0.39, 0.29) is 4.21 Å². The van der Waals surface area contributed by atoms with Crippen LogP contribution in [0, 0.1) is 6.92 Å². The van der Waals surface area contributed by atoms with Gasteiger partial charge in [0.2, 0.25) is 0 Å². The van der Waals surface area contributed by atoms with E-state index in [0.717, 1.165) is 28.2 Å². The third-order valence-electron chi connectivity index (χ3n) is 2.67. The van der Waals surface area contributed by atoms with E-state index in [9.17, 15) is 8.42 Å².